The Bertz CT molecular complexity index is 293. The van der Waals surface area contributed by atoms with Gasteiger partial charge in [-0.25, -0.2) is 0 Å². The van der Waals surface area contributed by atoms with E-state index in [0.717, 1.165) is 30.3 Å². The highest BCUT2D eigenvalue weighted by molar-refractivity contribution is 7.99. The van der Waals surface area contributed by atoms with Crippen molar-refractivity contribution in [1.82, 2.24) is 14.9 Å². The van der Waals surface area contributed by atoms with Crippen molar-refractivity contribution < 1.29 is 9.53 Å². The fourth-order valence-corrected chi connectivity index (χ4v) is 2.24. The molecule has 1 heterocycles. The average Bonchev–Trinajstić information content (AvgIpc) is 2.80. The van der Waals surface area contributed by atoms with Gasteiger partial charge in [-0.2, -0.15) is 11.8 Å². The van der Waals surface area contributed by atoms with Crippen LogP contribution < -0.4 is 5.32 Å². The molecule has 5 nitrogen and oxygen atoms in total. The Labute approximate surface area is 103 Å². The average molecular weight is 261 g/mol. The predicted molar refractivity (Wildman–Crippen MR) is 65.6 cm³/mol. The highest BCUT2D eigenvalue weighted by Gasteiger charge is 1.99. The molecule has 16 heavy (non-hydrogen) atoms. The van der Waals surface area contributed by atoms with Crippen LogP contribution in [0.15, 0.2) is 5.38 Å². The first-order valence-corrected chi connectivity index (χ1v) is 6.93. The summed E-state index contributed by atoms with van der Waals surface area (Å²) in [7, 11) is 1.41. The fourth-order valence-electron chi connectivity index (χ4n) is 0.981. The van der Waals surface area contributed by atoms with Crippen molar-refractivity contribution in [3.63, 3.8) is 0 Å². The third kappa shape index (κ3) is 6.04. The molecule has 0 aliphatic carbocycles. The van der Waals surface area contributed by atoms with E-state index in [9.17, 15) is 4.79 Å². The number of ether oxygens (including phenoxy) is 1. The minimum atomic E-state index is -0.144. The lowest BCUT2D eigenvalue weighted by molar-refractivity contribution is -0.140. The van der Waals surface area contributed by atoms with Gasteiger partial charge in [0.25, 0.3) is 0 Å². The summed E-state index contributed by atoms with van der Waals surface area (Å²) < 4.78 is 8.32. The second-order valence-corrected chi connectivity index (χ2v) is 4.85. The monoisotopic (exact) mass is 261 g/mol. The van der Waals surface area contributed by atoms with E-state index >= 15 is 0 Å². The molecule has 0 amide bonds. The van der Waals surface area contributed by atoms with E-state index in [1.807, 2.05) is 5.38 Å². The maximum absolute atomic E-state index is 10.8. The molecule has 0 aliphatic heterocycles. The number of aromatic nitrogens is 2. The van der Waals surface area contributed by atoms with Crippen molar-refractivity contribution in [3.05, 3.63) is 11.1 Å². The minimum absolute atomic E-state index is 0.144. The van der Waals surface area contributed by atoms with Crippen molar-refractivity contribution in [2.75, 3.05) is 25.2 Å². The number of rotatable bonds is 8. The molecule has 90 valence electrons. The standard InChI is InChI=1S/C9H15N3O2S2/c1-14-9(13)2-4-15-5-3-10-6-8-7-16-12-11-8/h7,10H,2-6H2,1H3. The molecule has 0 spiro atoms. The number of methoxy groups -OCH3 is 1. The number of hydrogen-bond donors (Lipinski definition) is 1. The van der Waals surface area contributed by atoms with Gasteiger partial charge >= 0.3 is 5.97 Å². The Morgan fingerprint density at radius 2 is 2.50 bits per heavy atom. The number of nitrogens with one attached hydrogen (secondary N) is 1. The Morgan fingerprint density at radius 1 is 1.62 bits per heavy atom. The molecule has 0 unspecified atom stereocenters. The summed E-state index contributed by atoms with van der Waals surface area (Å²) in [5.41, 5.74) is 0.976. The SMILES string of the molecule is COC(=O)CCSCCNCc1csnn1. The zero-order valence-electron chi connectivity index (χ0n) is 9.14. The Hall–Kier alpha value is -0.660. The van der Waals surface area contributed by atoms with Gasteiger partial charge in [0.05, 0.1) is 19.2 Å². The molecule has 0 fully saturated rings. The molecule has 0 aromatic carbocycles. The zero-order valence-corrected chi connectivity index (χ0v) is 10.8. The highest BCUT2D eigenvalue weighted by atomic mass is 32.2. The van der Waals surface area contributed by atoms with E-state index in [1.165, 1.54) is 18.6 Å². The van der Waals surface area contributed by atoms with Crippen LogP contribution >= 0.6 is 23.3 Å². The molecule has 0 bridgehead atoms. The third-order valence-electron chi connectivity index (χ3n) is 1.81. The number of thioether (sulfide) groups is 1. The second kappa shape index (κ2) is 8.49. The van der Waals surface area contributed by atoms with Gasteiger partial charge < -0.3 is 10.1 Å². The van der Waals surface area contributed by atoms with Gasteiger partial charge in [0, 0.05) is 30.0 Å². The fraction of sp³-hybridized carbons (Fsp3) is 0.667. The minimum Gasteiger partial charge on any atom is -0.469 e. The molecule has 0 aliphatic rings. The van der Waals surface area contributed by atoms with Crippen molar-refractivity contribution >= 4 is 29.3 Å². The van der Waals surface area contributed by atoms with Crippen LogP contribution in [0.3, 0.4) is 0 Å². The van der Waals surface area contributed by atoms with Gasteiger partial charge in [0.2, 0.25) is 0 Å². The predicted octanol–water partition coefficient (Wildman–Crippen LogP) is 0.924. The second-order valence-electron chi connectivity index (χ2n) is 3.01. The van der Waals surface area contributed by atoms with Crippen LogP contribution in [0.4, 0.5) is 0 Å². The maximum Gasteiger partial charge on any atom is 0.306 e. The number of carbonyl (C=O) groups is 1. The van der Waals surface area contributed by atoms with Crippen LogP contribution in [0.5, 0.6) is 0 Å². The Kier molecular flexibility index (Phi) is 7.11. The number of nitrogens with zero attached hydrogens (tertiary/aromatic N) is 2. The van der Waals surface area contributed by atoms with Gasteiger partial charge in [0.1, 0.15) is 0 Å². The molecular formula is C9H15N3O2S2. The first-order chi connectivity index (χ1) is 7.83. The summed E-state index contributed by atoms with van der Waals surface area (Å²) in [6.07, 6.45) is 0.483. The zero-order chi connectivity index (χ0) is 11.6. The molecular weight excluding hydrogens is 246 g/mol. The van der Waals surface area contributed by atoms with Crippen molar-refractivity contribution in [2.24, 2.45) is 0 Å². The van der Waals surface area contributed by atoms with Crippen LogP contribution in [0, 0.1) is 0 Å². The summed E-state index contributed by atoms with van der Waals surface area (Å²) in [5, 5.41) is 9.11. The van der Waals surface area contributed by atoms with Gasteiger partial charge in [-0.1, -0.05) is 4.49 Å². The molecule has 0 atom stereocenters. The molecule has 7 heteroatoms. The summed E-state index contributed by atoms with van der Waals surface area (Å²) in [6.45, 7) is 1.66. The van der Waals surface area contributed by atoms with E-state index in [-0.39, 0.29) is 5.97 Å². The Morgan fingerprint density at radius 3 is 3.19 bits per heavy atom. The summed E-state index contributed by atoms with van der Waals surface area (Å²) in [5.74, 6) is 1.65. The lowest BCUT2D eigenvalue weighted by Crippen LogP contribution is -2.17. The quantitative estimate of drug-likeness (QED) is 0.554. The van der Waals surface area contributed by atoms with E-state index in [2.05, 4.69) is 19.6 Å². The van der Waals surface area contributed by atoms with E-state index in [4.69, 9.17) is 0 Å². The van der Waals surface area contributed by atoms with Crippen molar-refractivity contribution in [2.45, 2.75) is 13.0 Å². The van der Waals surface area contributed by atoms with Gasteiger partial charge in [-0.15, -0.1) is 5.10 Å². The molecule has 1 N–H and O–H groups in total. The number of carbonyl (C=O) groups excluding carboxylic acids is 1. The topological polar surface area (TPSA) is 64.1 Å². The molecule has 0 radical (unpaired) electrons. The Balaban J connectivity index is 1.87. The number of esters is 1. The molecule has 1 aromatic rings. The van der Waals surface area contributed by atoms with Gasteiger partial charge in [-0.05, 0) is 11.5 Å². The molecule has 1 rings (SSSR count). The van der Waals surface area contributed by atoms with Gasteiger partial charge in [-0.3, -0.25) is 4.79 Å². The van der Waals surface area contributed by atoms with E-state index < -0.39 is 0 Å². The first kappa shape index (κ1) is 13.4. The smallest absolute Gasteiger partial charge is 0.306 e. The van der Waals surface area contributed by atoms with Gasteiger partial charge in [0.15, 0.2) is 0 Å². The normalized spacial score (nSPS) is 10.3. The summed E-state index contributed by atoms with van der Waals surface area (Å²) in [6, 6.07) is 0. The van der Waals surface area contributed by atoms with E-state index in [0.29, 0.717) is 6.42 Å². The molecule has 0 saturated heterocycles. The van der Waals surface area contributed by atoms with E-state index in [1.54, 1.807) is 11.8 Å². The molecule has 1 aromatic heterocycles. The van der Waals surface area contributed by atoms with Crippen LogP contribution in [0.25, 0.3) is 0 Å². The summed E-state index contributed by atoms with van der Waals surface area (Å²) >= 11 is 3.10. The maximum atomic E-state index is 10.8. The lowest BCUT2D eigenvalue weighted by atomic mass is 10.5. The third-order valence-corrected chi connectivity index (χ3v) is 3.35. The summed E-state index contributed by atoms with van der Waals surface area (Å²) in [4.78, 5) is 10.8. The first-order valence-electron chi connectivity index (χ1n) is 4.94. The highest BCUT2D eigenvalue weighted by Crippen LogP contribution is 2.02. The largest absolute Gasteiger partial charge is 0.469 e. The lowest BCUT2D eigenvalue weighted by Gasteiger charge is -2.02. The number of hydrogen-bond acceptors (Lipinski definition) is 7. The molecule has 0 saturated carbocycles. The van der Waals surface area contributed by atoms with Crippen LogP contribution in [-0.4, -0.2) is 40.7 Å². The van der Waals surface area contributed by atoms with Crippen LogP contribution in [-0.2, 0) is 16.1 Å². The van der Waals surface area contributed by atoms with Crippen LogP contribution in [0.2, 0.25) is 0 Å². The van der Waals surface area contributed by atoms with Crippen LogP contribution in [0.1, 0.15) is 12.1 Å². The van der Waals surface area contributed by atoms with Crippen molar-refractivity contribution in [1.29, 1.82) is 0 Å². The van der Waals surface area contributed by atoms with Crippen molar-refractivity contribution in [3.8, 4) is 0 Å².